The summed E-state index contributed by atoms with van der Waals surface area (Å²) in [6.45, 7) is 15.0. The van der Waals surface area contributed by atoms with Gasteiger partial charge in [-0.2, -0.15) is 0 Å². The zero-order chi connectivity index (χ0) is 15.9. The van der Waals surface area contributed by atoms with E-state index in [2.05, 4.69) is 51.7 Å². The van der Waals surface area contributed by atoms with Crippen molar-refractivity contribution < 1.29 is 9.47 Å². The number of hydrogen-bond donors (Lipinski definition) is 0. The van der Waals surface area contributed by atoms with Crippen molar-refractivity contribution in [2.24, 2.45) is 0 Å². The average Bonchev–Trinajstić information content (AvgIpc) is 2.46. The molecule has 0 aromatic heterocycles. The predicted octanol–water partition coefficient (Wildman–Crippen LogP) is 4.10. The fraction of sp³-hybridized carbons (Fsp3) is 0.667. The van der Waals surface area contributed by atoms with Gasteiger partial charge in [0.2, 0.25) is 0 Å². The molecule has 0 bridgehead atoms. The first-order valence-electron chi connectivity index (χ1n) is 7.96. The van der Waals surface area contributed by atoms with E-state index < -0.39 is 0 Å². The van der Waals surface area contributed by atoms with Crippen molar-refractivity contribution in [3.05, 3.63) is 23.8 Å². The standard InChI is InChI=1S/C18H31NO2/c1-7-19(8-2)12-9-13-21-16-11-10-15(18(3,4)5)14-17(16)20-6/h10-11,14H,7-9,12-13H2,1-6H3. The Labute approximate surface area is 130 Å². The largest absolute Gasteiger partial charge is 0.493 e. The first-order valence-corrected chi connectivity index (χ1v) is 7.96. The summed E-state index contributed by atoms with van der Waals surface area (Å²) in [4.78, 5) is 2.41. The van der Waals surface area contributed by atoms with Gasteiger partial charge in [-0.3, -0.25) is 0 Å². The van der Waals surface area contributed by atoms with Crippen LogP contribution in [0.3, 0.4) is 0 Å². The van der Waals surface area contributed by atoms with E-state index in [0.717, 1.165) is 44.2 Å². The molecular weight excluding hydrogens is 262 g/mol. The van der Waals surface area contributed by atoms with Crippen molar-refractivity contribution in [3.63, 3.8) is 0 Å². The van der Waals surface area contributed by atoms with Crippen LogP contribution in [0.5, 0.6) is 11.5 Å². The molecule has 0 heterocycles. The Morgan fingerprint density at radius 2 is 1.71 bits per heavy atom. The Balaban J connectivity index is 2.59. The molecule has 21 heavy (non-hydrogen) atoms. The molecule has 3 nitrogen and oxygen atoms in total. The summed E-state index contributed by atoms with van der Waals surface area (Å²) >= 11 is 0. The van der Waals surface area contributed by atoms with Crippen molar-refractivity contribution in [1.29, 1.82) is 0 Å². The van der Waals surface area contributed by atoms with Gasteiger partial charge in [0, 0.05) is 6.54 Å². The number of methoxy groups -OCH3 is 1. The van der Waals surface area contributed by atoms with E-state index in [1.54, 1.807) is 7.11 Å². The molecule has 0 fully saturated rings. The number of rotatable bonds is 8. The lowest BCUT2D eigenvalue weighted by molar-refractivity contribution is 0.242. The van der Waals surface area contributed by atoms with Crippen molar-refractivity contribution in [3.8, 4) is 11.5 Å². The van der Waals surface area contributed by atoms with Crippen LogP contribution in [0.1, 0.15) is 46.6 Å². The molecular formula is C18H31NO2. The van der Waals surface area contributed by atoms with Crippen LogP contribution in [0.2, 0.25) is 0 Å². The lowest BCUT2D eigenvalue weighted by Crippen LogP contribution is -2.25. The molecule has 0 atom stereocenters. The number of ether oxygens (including phenoxy) is 2. The minimum absolute atomic E-state index is 0.120. The van der Waals surface area contributed by atoms with E-state index in [0.29, 0.717) is 0 Å². The van der Waals surface area contributed by atoms with Gasteiger partial charge in [0.25, 0.3) is 0 Å². The van der Waals surface area contributed by atoms with Gasteiger partial charge < -0.3 is 14.4 Å². The smallest absolute Gasteiger partial charge is 0.161 e. The van der Waals surface area contributed by atoms with Crippen LogP contribution >= 0.6 is 0 Å². The van der Waals surface area contributed by atoms with Gasteiger partial charge in [0.15, 0.2) is 11.5 Å². The molecule has 1 aromatic rings. The summed E-state index contributed by atoms with van der Waals surface area (Å²) in [5.74, 6) is 1.66. The minimum Gasteiger partial charge on any atom is -0.493 e. The van der Waals surface area contributed by atoms with Crippen LogP contribution in [0.15, 0.2) is 18.2 Å². The zero-order valence-electron chi connectivity index (χ0n) is 14.5. The monoisotopic (exact) mass is 293 g/mol. The van der Waals surface area contributed by atoms with Crippen LogP contribution in [-0.4, -0.2) is 38.3 Å². The lowest BCUT2D eigenvalue weighted by atomic mass is 9.87. The van der Waals surface area contributed by atoms with Gasteiger partial charge in [-0.05, 0) is 42.6 Å². The lowest BCUT2D eigenvalue weighted by Gasteiger charge is -2.21. The highest BCUT2D eigenvalue weighted by Crippen LogP contribution is 2.33. The molecule has 0 aliphatic rings. The summed E-state index contributed by atoms with van der Waals surface area (Å²) in [6, 6.07) is 6.23. The molecule has 0 saturated carbocycles. The van der Waals surface area contributed by atoms with Gasteiger partial charge in [-0.15, -0.1) is 0 Å². The van der Waals surface area contributed by atoms with Crippen LogP contribution in [0, 0.1) is 0 Å². The molecule has 0 aliphatic heterocycles. The first kappa shape index (κ1) is 17.8. The third-order valence-corrected chi connectivity index (χ3v) is 3.80. The van der Waals surface area contributed by atoms with E-state index in [1.165, 1.54) is 5.56 Å². The van der Waals surface area contributed by atoms with E-state index in [1.807, 2.05) is 6.07 Å². The van der Waals surface area contributed by atoms with Gasteiger partial charge in [-0.1, -0.05) is 40.7 Å². The molecule has 120 valence electrons. The van der Waals surface area contributed by atoms with Gasteiger partial charge in [0.1, 0.15) is 0 Å². The Bertz CT molecular complexity index is 420. The second-order valence-corrected chi connectivity index (χ2v) is 6.34. The highest BCUT2D eigenvalue weighted by Gasteiger charge is 2.16. The second kappa shape index (κ2) is 8.28. The first-order chi connectivity index (χ1) is 9.92. The fourth-order valence-electron chi connectivity index (χ4n) is 2.26. The zero-order valence-corrected chi connectivity index (χ0v) is 14.5. The molecule has 0 spiro atoms. The summed E-state index contributed by atoms with van der Waals surface area (Å²) in [6.07, 6.45) is 1.03. The maximum Gasteiger partial charge on any atom is 0.161 e. The summed E-state index contributed by atoms with van der Waals surface area (Å²) in [5.41, 5.74) is 1.38. The second-order valence-electron chi connectivity index (χ2n) is 6.34. The van der Waals surface area contributed by atoms with Crippen molar-refractivity contribution in [2.45, 2.75) is 46.5 Å². The third-order valence-electron chi connectivity index (χ3n) is 3.80. The summed E-state index contributed by atoms with van der Waals surface area (Å²) in [5, 5.41) is 0. The quantitative estimate of drug-likeness (QED) is 0.673. The Morgan fingerprint density at radius 1 is 1.05 bits per heavy atom. The van der Waals surface area contributed by atoms with Gasteiger partial charge in [0.05, 0.1) is 13.7 Å². The molecule has 1 rings (SSSR count). The topological polar surface area (TPSA) is 21.7 Å². The van der Waals surface area contributed by atoms with Gasteiger partial charge >= 0.3 is 0 Å². The Hall–Kier alpha value is -1.22. The SMILES string of the molecule is CCN(CC)CCCOc1ccc(C(C)(C)C)cc1OC. The number of hydrogen-bond acceptors (Lipinski definition) is 3. The predicted molar refractivity (Wildman–Crippen MR) is 89.6 cm³/mol. The average molecular weight is 293 g/mol. The Morgan fingerprint density at radius 3 is 2.24 bits per heavy atom. The highest BCUT2D eigenvalue weighted by molar-refractivity contribution is 5.44. The third kappa shape index (κ3) is 5.58. The Kier molecular flexibility index (Phi) is 7.03. The van der Waals surface area contributed by atoms with Crippen LogP contribution in [0.4, 0.5) is 0 Å². The van der Waals surface area contributed by atoms with E-state index in [4.69, 9.17) is 9.47 Å². The van der Waals surface area contributed by atoms with Crippen molar-refractivity contribution >= 4 is 0 Å². The van der Waals surface area contributed by atoms with Crippen LogP contribution in [-0.2, 0) is 5.41 Å². The molecule has 0 aliphatic carbocycles. The molecule has 0 N–H and O–H groups in total. The fourth-order valence-corrected chi connectivity index (χ4v) is 2.26. The molecule has 0 radical (unpaired) electrons. The maximum absolute atomic E-state index is 5.88. The normalized spacial score (nSPS) is 11.8. The summed E-state index contributed by atoms with van der Waals surface area (Å²) in [7, 11) is 1.70. The van der Waals surface area contributed by atoms with Crippen LogP contribution in [0.25, 0.3) is 0 Å². The minimum atomic E-state index is 0.120. The number of benzene rings is 1. The highest BCUT2D eigenvalue weighted by atomic mass is 16.5. The molecule has 0 unspecified atom stereocenters. The van der Waals surface area contributed by atoms with E-state index in [9.17, 15) is 0 Å². The van der Waals surface area contributed by atoms with Gasteiger partial charge in [-0.25, -0.2) is 0 Å². The van der Waals surface area contributed by atoms with Crippen LogP contribution < -0.4 is 9.47 Å². The maximum atomic E-state index is 5.88. The van der Waals surface area contributed by atoms with Crippen molar-refractivity contribution in [1.82, 2.24) is 4.90 Å². The number of nitrogens with zero attached hydrogens (tertiary/aromatic N) is 1. The molecule has 0 saturated heterocycles. The molecule has 0 amide bonds. The molecule has 3 heteroatoms. The van der Waals surface area contributed by atoms with E-state index in [-0.39, 0.29) is 5.41 Å². The van der Waals surface area contributed by atoms with E-state index >= 15 is 0 Å². The summed E-state index contributed by atoms with van der Waals surface area (Å²) < 4.78 is 11.3. The molecule has 1 aromatic carbocycles. The van der Waals surface area contributed by atoms with Crippen molar-refractivity contribution in [2.75, 3.05) is 33.4 Å².